The highest BCUT2D eigenvalue weighted by Crippen LogP contribution is 2.05. The molecule has 5 heteroatoms. The Morgan fingerprint density at radius 1 is 1.58 bits per heavy atom. The Morgan fingerprint density at radius 2 is 2.17 bits per heavy atom. The van der Waals surface area contributed by atoms with Gasteiger partial charge in [-0.05, 0) is 13.3 Å². The molecule has 0 bridgehead atoms. The minimum atomic E-state index is -1.02. The standard InChI is InChI=1S/C7H13NO4/c1-5(10)2-3-7(11)6(4-9)8-12/h6-7,9,11H,2-4H2,1H3/t6?,7-/m0/s1. The van der Waals surface area contributed by atoms with Gasteiger partial charge in [0.05, 0.1) is 12.7 Å². The summed E-state index contributed by atoms with van der Waals surface area (Å²) in [5.41, 5.74) is 0. The van der Waals surface area contributed by atoms with Crippen molar-refractivity contribution in [1.29, 1.82) is 0 Å². The molecule has 5 nitrogen and oxygen atoms in total. The van der Waals surface area contributed by atoms with Gasteiger partial charge >= 0.3 is 0 Å². The molecule has 0 aliphatic carbocycles. The number of ketones is 1. The van der Waals surface area contributed by atoms with E-state index < -0.39 is 18.8 Å². The number of hydrogen-bond acceptors (Lipinski definition) is 5. The summed E-state index contributed by atoms with van der Waals surface area (Å²) in [5.74, 6) is -0.0587. The summed E-state index contributed by atoms with van der Waals surface area (Å²) in [6, 6.07) is -1.01. The summed E-state index contributed by atoms with van der Waals surface area (Å²) < 4.78 is 0. The van der Waals surface area contributed by atoms with Crippen molar-refractivity contribution in [3.05, 3.63) is 4.91 Å². The predicted molar refractivity (Wildman–Crippen MR) is 42.6 cm³/mol. The Morgan fingerprint density at radius 3 is 2.50 bits per heavy atom. The van der Waals surface area contributed by atoms with Gasteiger partial charge in [0.15, 0.2) is 0 Å². The van der Waals surface area contributed by atoms with Gasteiger partial charge in [-0.1, -0.05) is 5.18 Å². The van der Waals surface area contributed by atoms with E-state index in [9.17, 15) is 9.70 Å². The van der Waals surface area contributed by atoms with Crippen molar-refractivity contribution in [3.63, 3.8) is 0 Å². The third-order valence-corrected chi connectivity index (χ3v) is 1.56. The molecule has 0 aliphatic heterocycles. The molecular weight excluding hydrogens is 162 g/mol. The Bertz CT molecular complexity index is 159. The van der Waals surface area contributed by atoms with Crippen LogP contribution in [0.2, 0.25) is 0 Å². The highest BCUT2D eigenvalue weighted by atomic mass is 16.3. The first-order chi connectivity index (χ1) is 5.61. The van der Waals surface area contributed by atoms with E-state index in [2.05, 4.69) is 5.18 Å². The van der Waals surface area contributed by atoms with E-state index in [0.717, 1.165) is 0 Å². The fraction of sp³-hybridized carbons (Fsp3) is 0.857. The summed E-state index contributed by atoms with van der Waals surface area (Å²) in [7, 11) is 0. The van der Waals surface area contributed by atoms with Crippen LogP contribution in [0.15, 0.2) is 5.18 Å². The number of carbonyl (C=O) groups excluding carboxylic acids is 1. The zero-order valence-electron chi connectivity index (χ0n) is 6.93. The largest absolute Gasteiger partial charge is 0.394 e. The lowest BCUT2D eigenvalue weighted by Gasteiger charge is -2.12. The summed E-state index contributed by atoms with van der Waals surface area (Å²) >= 11 is 0. The second-order valence-electron chi connectivity index (χ2n) is 2.66. The fourth-order valence-electron chi connectivity index (χ4n) is 0.769. The van der Waals surface area contributed by atoms with Crippen LogP contribution in [0, 0.1) is 4.91 Å². The van der Waals surface area contributed by atoms with Gasteiger partial charge in [-0.2, -0.15) is 4.91 Å². The molecule has 2 atom stereocenters. The van der Waals surface area contributed by atoms with Crippen molar-refractivity contribution in [2.24, 2.45) is 5.18 Å². The zero-order chi connectivity index (χ0) is 9.56. The average Bonchev–Trinajstić information content (AvgIpc) is 2.03. The Hall–Kier alpha value is -0.810. The van der Waals surface area contributed by atoms with Gasteiger partial charge in [-0.25, -0.2) is 0 Å². The molecule has 12 heavy (non-hydrogen) atoms. The van der Waals surface area contributed by atoms with Crippen LogP contribution in [0.3, 0.4) is 0 Å². The smallest absolute Gasteiger partial charge is 0.141 e. The van der Waals surface area contributed by atoms with Crippen molar-refractivity contribution in [2.45, 2.75) is 31.9 Å². The molecule has 0 fully saturated rings. The highest BCUT2D eigenvalue weighted by molar-refractivity contribution is 5.75. The van der Waals surface area contributed by atoms with Crippen LogP contribution in [-0.2, 0) is 4.79 Å². The molecule has 0 saturated carbocycles. The monoisotopic (exact) mass is 175 g/mol. The lowest BCUT2D eigenvalue weighted by molar-refractivity contribution is -0.117. The zero-order valence-corrected chi connectivity index (χ0v) is 6.93. The van der Waals surface area contributed by atoms with Crippen LogP contribution in [0.4, 0.5) is 0 Å². The third kappa shape index (κ3) is 4.15. The van der Waals surface area contributed by atoms with Crippen LogP contribution >= 0.6 is 0 Å². The summed E-state index contributed by atoms with van der Waals surface area (Å²) in [6.45, 7) is 0.914. The summed E-state index contributed by atoms with van der Waals surface area (Å²) in [5, 5.41) is 20.2. The van der Waals surface area contributed by atoms with Crippen LogP contribution in [0.5, 0.6) is 0 Å². The first-order valence-corrected chi connectivity index (χ1v) is 3.72. The Labute approximate surface area is 70.4 Å². The van der Waals surface area contributed by atoms with Gasteiger partial charge < -0.3 is 15.0 Å². The maximum absolute atomic E-state index is 10.5. The van der Waals surface area contributed by atoms with E-state index in [0.29, 0.717) is 0 Å². The fourth-order valence-corrected chi connectivity index (χ4v) is 0.769. The number of aliphatic hydroxyl groups excluding tert-OH is 2. The van der Waals surface area contributed by atoms with Gasteiger partial charge in [0, 0.05) is 6.42 Å². The number of carbonyl (C=O) groups is 1. The van der Waals surface area contributed by atoms with Crippen LogP contribution in [-0.4, -0.2) is 34.7 Å². The molecule has 0 radical (unpaired) electrons. The van der Waals surface area contributed by atoms with Crippen LogP contribution in [0.1, 0.15) is 19.8 Å². The molecule has 0 heterocycles. The maximum atomic E-state index is 10.5. The van der Waals surface area contributed by atoms with Gasteiger partial charge in [0.1, 0.15) is 11.8 Å². The van der Waals surface area contributed by atoms with Crippen molar-refractivity contribution >= 4 is 5.78 Å². The van der Waals surface area contributed by atoms with E-state index in [1.54, 1.807) is 0 Å². The van der Waals surface area contributed by atoms with Gasteiger partial charge in [0.25, 0.3) is 0 Å². The van der Waals surface area contributed by atoms with Gasteiger partial charge in [-0.15, -0.1) is 0 Å². The van der Waals surface area contributed by atoms with E-state index in [4.69, 9.17) is 10.2 Å². The molecule has 0 saturated heterocycles. The second kappa shape index (κ2) is 5.79. The van der Waals surface area contributed by atoms with Crippen molar-refractivity contribution in [1.82, 2.24) is 0 Å². The summed E-state index contributed by atoms with van der Waals surface area (Å²) in [4.78, 5) is 20.4. The molecule has 0 aliphatic rings. The van der Waals surface area contributed by atoms with Crippen molar-refractivity contribution in [2.75, 3.05) is 6.61 Å². The molecule has 1 unspecified atom stereocenters. The molecule has 2 N–H and O–H groups in total. The van der Waals surface area contributed by atoms with E-state index in [1.165, 1.54) is 6.92 Å². The maximum Gasteiger partial charge on any atom is 0.141 e. The number of aliphatic hydroxyl groups is 2. The molecule has 0 rings (SSSR count). The number of Topliss-reactive ketones (excluding diaryl/α,β-unsaturated/α-hetero) is 1. The van der Waals surface area contributed by atoms with Gasteiger partial charge in [-0.3, -0.25) is 0 Å². The number of rotatable bonds is 6. The minimum Gasteiger partial charge on any atom is -0.394 e. The van der Waals surface area contributed by atoms with Gasteiger partial charge in [0.2, 0.25) is 0 Å². The van der Waals surface area contributed by atoms with Crippen LogP contribution < -0.4 is 0 Å². The molecule has 0 aromatic carbocycles. The number of nitroso groups, excluding NO2 is 1. The van der Waals surface area contributed by atoms with E-state index >= 15 is 0 Å². The number of nitrogens with zero attached hydrogens (tertiary/aromatic N) is 1. The molecule has 0 amide bonds. The third-order valence-electron chi connectivity index (χ3n) is 1.56. The number of hydrogen-bond donors (Lipinski definition) is 2. The lowest BCUT2D eigenvalue weighted by Crippen LogP contribution is -2.27. The topological polar surface area (TPSA) is 87.0 Å². The SMILES string of the molecule is CC(=O)CC[C@H](O)C(CO)N=O. The molecule has 0 aromatic rings. The first-order valence-electron chi connectivity index (χ1n) is 3.72. The molecule has 0 aromatic heterocycles. The first kappa shape index (κ1) is 11.2. The Balaban J connectivity index is 3.75. The van der Waals surface area contributed by atoms with E-state index in [1.807, 2.05) is 0 Å². The Kier molecular flexibility index (Phi) is 5.40. The lowest BCUT2D eigenvalue weighted by atomic mass is 10.1. The normalized spacial score (nSPS) is 15.2. The van der Waals surface area contributed by atoms with Crippen molar-refractivity contribution < 1.29 is 15.0 Å². The average molecular weight is 175 g/mol. The highest BCUT2D eigenvalue weighted by Gasteiger charge is 2.18. The minimum absolute atomic E-state index is 0.0587. The predicted octanol–water partition coefficient (Wildman–Crippen LogP) is -0.156. The molecule has 70 valence electrons. The quantitative estimate of drug-likeness (QED) is 0.549. The van der Waals surface area contributed by atoms with E-state index in [-0.39, 0.29) is 18.6 Å². The molecular formula is C7H13NO4. The molecule has 0 spiro atoms. The van der Waals surface area contributed by atoms with Crippen LogP contribution in [0.25, 0.3) is 0 Å². The van der Waals surface area contributed by atoms with Crippen molar-refractivity contribution in [3.8, 4) is 0 Å². The summed E-state index contributed by atoms with van der Waals surface area (Å²) in [6.07, 6.45) is -0.643. The second-order valence-corrected chi connectivity index (χ2v) is 2.66.